The molecule has 0 unspecified atom stereocenters. The number of alkyl halides is 3. The van der Waals surface area contributed by atoms with Gasteiger partial charge in [-0.15, -0.1) is 13.2 Å². The summed E-state index contributed by atoms with van der Waals surface area (Å²) in [6.45, 7) is -0.892. The summed E-state index contributed by atoms with van der Waals surface area (Å²) in [5.41, 5.74) is -1.65. The quantitative estimate of drug-likeness (QED) is 0.352. The lowest BCUT2D eigenvalue weighted by molar-refractivity contribution is -0.274. The summed E-state index contributed by atoms with van der Waals surface area (Å²) < 4.78 is 88.4. The first kappa shape index (κ1) is 30.4. The molecule has 0 heterocycles. The van der Waals surface area contributed by atoms with E-state index >= 15 is 0 Å². The molecule has 3 saturated carbocycles. The van der Waals surface area contributed by atoms with Crippen LogP contribution in [-0.2, 0) is 19.4 Å². The molecule has 2 aromatic rings. The van der Waals surface area contributed by atoms with Crippen molar-refractivity contribution in [3.8, 4) is 17.2 Å². The Morgan fingerprint density at radius 1 is 0.927 bits per heavy atom. The van der Waals surface area contributed by atoms with Crippen molar-refractivity contribution in [2.24, 2.45) is 0 Å². The molecule has 0 radical (unpaired) electrons. The maximum Gasteiger partial charge on any atom is 0.573 e. The number of amides is 2. The number of aliphatic hydroxyl groups excluding tert-OH is 1. The highest BCUT2D eigenvalue weighted by atomic mass is 32.2. The van der Waals surface area contributed by atoms with Gasteiger partial charge in [0.05, 0.1) is 11.6 Å². The Hall–Kier alpha value is -3.59. The lowest BCUT2D eigenvalue weighted by Gasteiger charge is -2.56. The number of benzene rings is 2. The lowest BCUT2D eigenvalue weighted by Crippen LogP contribution is -2.70. The van der Waals surface area contributed by atoms with Crippen molar-refractivity contribution in [3.05, 3.63) is 48.3 Å². The molecule has 3 aliphatic carbocycles. The Morgan fingerprint density at radius 3 is 2.00 bits per heavy atom. The first-order valence-corrected chi connectivity index (χ1v) is 14.4. The van der Waals surface area contributed by atoms with Gasteiger partial charge < -0.3 is 30.0 Å². The van der Waals surface area contributed by atoms with Gasteiger partial charge >= 0.3 is 6.36 Å². The molecule has 0 saturated heterocycles. The number of nitrogens with one attached hydrogen (secondary N) is 2. The van der Waals surface area contributed by atoms with Gasteiger partial charge in [-0.3, -0.25) is 9.59 Å². The second-order valence-corrected chi connectivity index (χ2v) is 12.2. The summed E-state index contributed by atoms with van der Waals surface area (Å²) in [4.78, 5) is 24.7. The molecule has 5 rings (SSSR count). The predicted molar refractivity (Wildman–Crippen MR) is 134 cm³/mol. The molecule has 224 valence electrons. The highest BCUT2D eigenvalue weighted by Crippen LogP contribution is 2.47. The van der Waals surface area contributed by atoms with Crippen LogP contribution < -0.4 is 24.8 Å². The van der Waals surface area contributed by atoms with Gasteiger partial charge in [-0.05, 0) is 68.5 Å². The molecule has 0 spiro atoms. The largest absolute Gasteiger partial charge is 0.573 e. The van der Waals surface area contributed by atoms with Crippen molar-refractivity contribution in [2.75, 3.05) is 19.5 Å². The van der Waals surface area contributed by atoms with Gasteiger partial charge in [0.25, 0.3) is 11.8 Å². The van der Waals surface area contributed by atoms with E-state index in [1.807, 2.05) is 0 Å². The van der Waals surface area contributed by atoms with Crippen molar-refractivity contribution in [3.63, 3.8) is 0 Å². The fourth-order valence-corrected chi connectivity index (χ4v) is 5.94. The smallest absolute Gasteiger partial charge is 0.484 e. The monoisotopic (exact) mass is 604 g/mol. The third-order valence-electron chi connectivity index (χ3n) is 7.21. The molecule has 15 heteroatoms. The van der Waals surface area contributed by atoms with Crippen LogP contribution >= 0.6 is 0 Å². The number of ether oxygens (including phenoxy) is 3. The zero-order valence-corrected chi connectivity index (χ0v) is 22.6. The summed E-state index contributed by atoms with van der Waals surface area (Å²) >= 11 is 0. The third kappa shape index (κ3) is 7.58. The van der Waals surface area contributed by atoms with Crippen LogP contribution in [0.25, 0.3) is 0 Å². The number of carbonyl (C=O) groups excluding carboxylic acids is 2. The van der Waals surface area contributed by atoms with Gasteiger partial charge in [0.2, 0.25) is 0 Å². The highest BCUT2D eigenvalue weighted by molar-refractivity contribution is 7.90. The van der Waals surface area contributed by atoms with E-state index in [1.165, 1.54) is 18.2 Å². The summed E-state index contributed by atoms with van der Waals surface area (Å²) in [7, 11) is -3.75. The van der Waals surface area contributed by atoms with Crippen molar-refractivity contribution < 1.29 is 54.9 Å². The van der Waals surface area contributed by atoms with Gasteiger partial charge in [-0.25, -0.2) is 12.8 Å². The Kier molecular flexibility index (Phi) is 8.41. The number of rotatable bonds is 10. The molecular formula is C26H28F4N2O8S. The van der Waals surface area contributed by atoms with Crippen molar-refractivity contribution >= 4 is 21.7 Å². The number of halogens is 4. The number of hydrogen-bond acceptors (Lipinski definition) is 8. The average molecular weight is 605 g/mol. The van der Waals surface area contributed by atoms with Gasteiger partial charge in [0.1, 0.15) is 28.0 Å². The zero-order valence-electron chi connectivity index (χ0n) is 21.8. The van der Waals surface area contributed by atoms with Crippen molar-refractivity contribution in [1.82, 2.24) is 10.6 Å². The number of fused-ring (bicyclic) bond motifs is 3. The second kappa shape index (κ2) is 11.4. The van der Waals surface area contributed by atoms with E-state index in [0.29, 0.717) is 25.7 Å². The van der Waals surface area contributed by atoms with Crippen LogP contribution in [-0.4, -0.2) is 68.4 Å². The maximum absolute atomic E-state index is 14.1. The van der Waals surface area contributed by atoms with Crippen molar-refractivity contribution in [1.29, 1.82) is 0 Å². The number of aliphatic hydroxyl groups is 1. The van der Waals surface area contributed by atoms with Gasteiger partial charge in [-0.2, -0.15) is 0 Å². The molecule has 0 aromatic heterocycles. The molecule has 10 nitrogen and oxygen atoms in total. The predicted octanol–water partition coefficient (Wildman–Crippen LogP) is 2.63. The Morgan fingerprint density at radius 2 is 1.46 bits per heavy atom. The van der Waals surface area contributed by atoms with E-state index < -0.39 is 74.9 Å². The lowest BCUT2D eigenvalue weighted by atomic mass is 9.60. The highest BCUT2D eigenvalue weighted by Gasteiger charge is 2.55. The fourth-order valence-electron chi connectivity index (χ4n) is 5.21. The van der Waals surface area contributed by atoms with Crippen LogP contribution in [0, 0.1) is 5.82 Å². The topological polar surface area (TPSA) is 140 Å². The van der Waals surface area contributed by atoms with E-state index in [2.05, 4.69) is 15.4 Å². The van der Waals surface area contributed by atoms with Gasteiger partial charge in [-0.1, -0.05) is 0 Å². The Balaban J connectivity index is 1.25. The molecule has 41 heavy (non-hydrogen) atoms. The first-order chi connectivity index (χ1) is 19.1. The van der Waals surface area contributed by atoms with E-state index in [-0.39, 0.29) is 17.9 Å². The number of hydrogen-bond donors (Lipinski definition) is 3. The van der Waals surface area contributed by atoms with E-state index in [4.69, 9.17) is 9.47 Å². The second-order valence-electron chi connectivity index (χ2n) is 10.2. The first-order valence-electron chi connectivity index (χ1n) is 12.5. The van der Waals surface area contributed by atoms with Crippen LogP contribution in [0.2, 0.25) is 0 Å². The van der Waals surface area contributed by atoms with Crippen LogP contribution in [0.5, 0.6) is 17.2 Å². The molecule has 2 bridgehead atoms. The van der Waals surface area contributed by atoms with Gasteiger partial charge in [0.15, 0.2) is 23.1 Å². The minimum absolute atomic E-state index is 0.0237. The fraction of sp³-hybridized carbons (Fsp3) is 0.462. The zero-order chi connectivity index (χ0) is 30.1. The summed E-state index contributed by atoms with van der Waals surface area (Å²) in [5, 5.41) is 16.6. The number of sulfone groups is 1. The maximum atomic E-state index is 14.1. The molecule has 2 aromatic carbocycles. The van der Waals surface area contributed by atoms with E-state index in [0.717, 1.165) is 30.5 Å². The molecule has 0 aliphatic heterocycles. The third-order valence-corrected chi connectivity index (χ3v) is 8.34. The summed E-state index contributed by atoms with van der Waals surface area (Å²) in [6.07, 6.45) is -3.13. The SMILES string of the molecule is CS(=O)(=O)c1ccc(OCC(=O)NC23CCC(NC(=O)COc4ccc(OC(F)(F)F)cc4)(CC2)[C@@H](O)C3)cc1F. The number of carbonyl (C=O) groups is 2. The van der Waals surface area contributed by atoms with Crippen LogP contribution in [0.1, 0.15) is 32.1 Å². The van der Waals surface area contributed by atoms with Crippen molar-refractivity contribution in [2.45, 2.75) is 60.5 Å². The van der Waals surface area contributed by atoms with E-state index in [1.54, 1.807) is 0 Å². The van der Waals surface area contributed by atoms with E-state index in [9.17, 15) is 40.7 Å². The molecule has 3 N–H and O–H groups in total. The normalized spacial score (nSPS) is 23.9. The van der Waals surface area contributed by atoms with Crippen LogP contribution in [0.15, 0.2) is 47.4 Å². The Bertz CT molecular complexity index is 1390. The molecular weight excluding hydrogens is 576 g/mol. The molecule has 3 fully saturated rings. The standard InChI is InChI=1S/C26H28F4N2O8S/c1-41(36,37)20-7-6-18(12-19(20)27)39-14-22(34)31-24-8-10-25(11-9-24,21(33)13-24)32-23(35)15-38-16-2-4-17(5-3-16)40-26(28,29)30/h2-7,12,21,33H,8-11,13-15H2,1H3,(H,31,34)(H,32,35)/t21-,24?,25?/m0/s1. The van der Waals surface area contributed by atoms with Gasteiger partial charge in [0, 0.05) is 17.9 Å². The molecule has 2 amide bonds. The summed E-state index contributed by atoms with van der Waals surface area (Å²) in [5.74, 6) is -2.34. The average Bonchev–Trinajstić information content (AvgIpc) is 2.86. The molecule has 1 atom stereocenters. The molecule has 3 aliphatic rings. The van der Waals surface area contributed by atoms with Crippen LogP contribution in [0.4, 0.5) is 17.6 Å². The minimum Gasteiger partial charge on any atom is -0.484 e. The van der Waals surface area contributed by atoms with Crippen LogP contribution in [0.3, 0.4) is 0 Å². The minimum atomic E-state index is -4.83. The summed E-state index contributed by atoms with van der Waals surface area (Å²) in [6, 6.07) is 7.74. The Labute approximate surface area is 232 Å².